The second-order valence-electron chi connectivity index (χ2n) is 2.80. The predicted molar refractivity (Wildman–Crippen MR) is 54.4 cm³/mol. The van der Waals surface area contributed by atoms with Crippen LogP contribution in [0.1, 0.15) is 17.3 Å². The number of aromatic hydroxyl groups is 1. The quantitative estimate of drug-likeness (QED) is 0.623. The van der Waals surface area contributed by atoms with Crippen LogP contribution in [0.5, 0.6) is 5.75 Å². The van der Waals surface area contributed by atoms with Gasteiger partial charge in [0.1, 0.15) is 5.75 Å². The standard InChI is InChI=1S/C9H9ClN2O3/c1-5(13)11-12-9(15)7-4-6(10)2-3-8(7)14/h2-4,14H,1H3,(H,11,13)(H,12,15). The lowest BCUT2D eigenvalue weighted by Gasteiger charge is -2.06. The van der Waals surface area contributed by atoms with Gasteiger partial charge in [-0.25, -0.2) is 0 Å². The summed E-state index contributed by atoms with van der Waals surface area (Å²) < 4.78 is 0. The molecular weight excluding hydrogens is 220 g/mol. The number of carbonyl (C=O) groups excluding carboxylic acids is 2. The summed E-state index contributed by atoms with van der Waals surface area (Å²) in [5.74, 6) is -1.25. The van der Waals surface area contributed by atoms with Gasteiger partial charge in [0, 0.05) is 11.9 Å². The van der Waals surface area contributed by atoms with E-state index in [2.05, 4.69) is 10.9 Å². The average Bonchev–Trinajstić information content (AvgIpc) is 2.18. The second kappa shape index (κ2) is 4.65. The fourth-order valence-electron chi connectivity index (χ4n) is 0.902. The molecule has 0 unspecified atom stereocenters. The first kappa shape index (κ1) is 11.3. The molecule has 1 aromatic carbocycles. The average molecular weight is 229 g/mol. The topological polar surface area (TPSA) is 78.4 Å². The predicted octanol–water partition coefficient (Wildman–Crippen LogP) is 0.826. The van der Waals surface area contributed by atoms with Crippen LogP contribution >= 0.6 is 11.6 Å². The number of halogens is 1. The SMILES string of the molecule is CC(=O)NNC(=O)c1cc(Cl)ccc1O. The lowest BCUT2D eigenvalue weighted by Crippen LogP contribution is -2.40. The number of phenols is 1. The van der Waals surface area contributed by atoms with Crippen molar-refractivity contribution in [1.82, 2.24) is 10.9 Å². The number of nitrogens with one attached hydrogen (secondary N) is 2. The zero-order chi connectivity index (χ0) is 11.4. The number of phenolic OH excluding ortho intramolecular Hbond substituents is 1. The highest BCUT2D eigenvalue weighted by Crippen LogP contribution is 2.20. The number of rotatable bonds is 1. The molecule has 0 heterocycles. The fraction of sp³-hybridized carbons (Fsp3) is 0.111. The van der Waals surface area contributed by atoms with Gasteiger partial charge in [0.2, 0.25) is 5.91 Å². The summed E-state index contributed by atoms with van der Waals surface area (Å²) in [5.41, 5.74) is 4.20. The minimum Gasteiger partial charge on any atom is -0.507 e. The van der Waals surface area contributed by atoms with Crippen molar-refractivity contribution in [3.05, 3.63) is 28.8 Å². The number of hydrazine groups is 1. The molecule has 5 nitrogen and oxygen atoms in total. The van der Waals surface area contributed by atoms with Gasteiger partial charge in [-0.15, -0.1) is 0 Å². The Morgan fingerprint density at radius 2 is 2.00 bits per heavy atom. The molecule has 0 aliphatic carbocycles. The van der Waals surface area contributed by atoms with Crippen LogP contribution < -0.4 is 10.9 Å². The molecule has 1 rings (SSSR count). The minimum atomic E-state index is -0.634. The second-order valence-corrected chi connectivity index (χ2v) is 3.23. The first-order valence-corrected chi connectivity index (χ1v) is 4.44. The van der Waals surface area contributed by atoms with Gasteiger partial charge < -0.3 is 5.11 Å². The third kappa shape index (κ3) is 3.14. The molecule has 3 N–H and O–H groups in total. The molecule has 0 saturated heterocycles. The number of benzene rings is 1. The van der Waals surface area contributed by atoms with E-state index in [4.69, 9.17) is 11.6 Å². The van der Waals surface area contributed by atoms with E-state index in [9.17, 15) is 14.7 Å². The zero-order valence-electron chi connectivity index (χ0n) is 7.87. The summed E-state index contributed by atoms with van der Waals surface area (Å²) in [6.45, 7) is 1.25. The molecule has 0 saturated carbocycles. The van der Waals surface area contributed by atoms with Gasteiger partial charge in [0.25, 0.3) is 5.91 Å². The van der Waals surface area contributed by atoms with Crippen molar-refractivity contribution < 1.29 is 14.7 Å². The van der Waals surface area contributed by atoms with Crippen molar-refractivity contribution in [2.45, 2.75) is 6.92 Å². The van der Waals surface area contributed by atoms with Gasteiger partial charge >= 0.3 is 0 Å². The highest BCUT2D eigenvalue weighted by molar-refractivity contribution is 6.31. The Hall–Kier alpha value is -1.75. The molecule has 0 atom stereocenters. The van der Waals surface area contributed by atoms with Gasteiger partial charge in [-0.3, -0.25) is 20.4 Å². The van der Waals surface area contributed by atoms with E-state index in [1.807, 2.05) is 0 Å². The Balaban J connectivity index is 2.81. The largest absolute Gasteiger partial charge is 0.507 e. The third-order valence-electron chi connectivity index (χ3n) is 1.56. The molecule has 0 aliphatic rings. The molecule has 15 heavy (non-hydrogen) atoms. The van der Waals surface area contributed by atoms with Crippen LogP contribution in [0.25, 0.3) is 0 Å². The summed E-state index contributed by atoms with van der Waals surface area (Å²) in [5, 5.41) is 9.66. The Labute approximate surface area is 91.0 Å². The van der Waals surface area contributed by atoms with Crippen LogP contribution in [-0.4, -0.2) is 16.9 Å². The van der Waals surface area contributed by atoms with Crippen LogP contribution in [0.2, 0.25) is 5.02 Å². The van der Waals surface area contributed by atoms with Crippen LogP contribution in [0, 0.1) is 0 Å². The van der Waals surface area contributed by atoms with Crippen molar-refractivity contribution in [2.75, 3.05) is 0 Å². The summed E-state index contributed by atoms with van der Waals surface area (Å²) in [7, 11) is 0. The lowest BCUT2D eigenvalue weighted by molar-refractivity contribution is -0.119. The number of hydrogen-bond acceptors (Lipinski definition) is 3. The molecule has 2 amide bonds. The highest BCUT2D eigenvalue weighted by Gasteiger charge is 2.11. The van der Waals surface area contributed by atoms with Crippen molar-refractivity contribution in [1.29, 1.82) is 0 Å². The Morgan fingerprint density at radius 1 is 1.33 bits per heavy atom. The van der Waals surface area contributed by atoms with Crippen LogP contribution in [-0.2, 0) is 4.79 Å². The maximum Gasteiger partial charge on any atom is 0.273 e. The maximum atomic E-state index is 11.4. The fourth-order valence-corrected chi connectivity index (χ4v) is 1.07. The summed E-state index contributed by atoms with van der Waals surface area (Å²) in [6, 6.07) is 4.05. The summed E-state index contributed by atoms with van der Waals surface area (Å²) in [4.78, 5) is 21.9. The molecule has 0 aromatic heterocycles. The van der Waals surface area contributed by atoms with Gasteiger partial charge in [0.15, 0.2) is 0 Å². The van der Waals surface area contributed by atoms with E-state index in [0.717, 1.165) is 0 Å². The van der Waals surface area contributed by atoms with Crippen molar-refractivity contribution in [2.24, 2.45) is 0 Å². The zero-order valence-corrected chi connectivity index (χ0v) is 8.63. The molecule has 0 spiro atoms. The number of amides is 2. The van der Waals surface area contributed by atoms with Crippen LogP contribution in [0.15, 0.2) is 18.2 Å². The monoisotopic (exact) mass is 228 g/mol. The van der Waals surface area contributed by atoms with E-state index in [1.165, 1.54) is 25.1 Å². The molecule has 0 bridgehead atoms. The van der Waals surface area contributed by atoms with Crippen LogP contribution in [0.4, 0.5) is 0 Å². The van der Waals surface area contributed by atoms with E-state index >= 15 is 0 Å². The Kier molecular flexibility index (Phi) is 3.51. The smallest absolute Gasteiger partial charge is 0.273 e. The number of hydrogen-bond donors (Lipinski definition) is 3. The summed E-state index contributed by atoms with van der Waals surface area (Å²) >= 11 is 5.65. The molecule has 0 fully saturated rings. The van der Waals surface area contributed by atoms with Crippen molar-refractivity contribution >= 4 is 23.4 Å². The van der Waals surface area contributed by atoms with E-state index < -0.39 is 11.8 Å². The van der Waals surface area contributed by atoms with Gasteiger partial charge in [-0.1, -0.05) is 11.6 Å². The first-order chi connectivity index (χ1) is 7.00. The van der Waals surface area contributed by atoms with Gasteiger partial charge in [-0.2, -0.15) is 0 Å². The van der Waals surface area contributed by atoms with Gasteiger partial charge in [0.05, 0.1) is 5.56 Å². The van der Waals surface area contributed by atoms with Crippen molar-refractivity contribution in [3.63, 3.8) is 0 Å². The van der Waals surface area contributed by atoms with E-state index in [0.29, 0.717) is 5.02 Å². The van der Waals surface area contributed by atoms with E-state index in [-0.39, 0.29) is 11.3 Å². The van der Waals surface area contributed by atoms with E-state index in [1.54, 1.807) is 0 Å². The van der Waals surface area contributed by atoms with Gasteiger partial charge in [-0.05, 0) is 18.2 Å². The normalized spacial score (nSPS) is 9.47. The molecule has 0 aliphatic heterocycles. The minimum absolute atomic E-state index is 0.00347. The molecule has 6 heteroatoms. The van der Waals surface area contributed by atoms with Crippen molar-refractivity contribution in [3.8, 4) is 5.75 Å². The lowest BCUT2D eigenvalue weighted by atomic mass is 10.2. The molecule has 1 aromatic rings. The Bertz CT molecular complexity index is 406. The van der Waals surface area contributed by atoms with Crippen LogP contribution in [0.3, 0.4) is 0 Å². The molecule has 80 valence electrons. The highest BCUT2D eigenvalue weighted by atomic mass is 35.5. The number of carbonyl (C=O) groups is 2. The molecule has 0 radical (unpaired) electrons. The maximum absolute atomic E-state index is 11.4. The first-order valence-electron chi connectivity index (χ1n) is 4.06. The molecular formula is C9H9ClN2O3. The Morgan fingerprint density at radius 3 is 2.60 bits per heavy atom. The third-order valence-corrected chi connectivity index (χ3v) is 1.79. The summed E-state index contributed by atoms with van der Waals surface area (Å²) in [6.07, 6.45) is 0.